The predicted octanol–water partition coefficient (Wildman–Crippen LogP) is 4.20. The van der Waals surface area contributed by atoms with Gasteiger partial charge in [0.05, 0.1) is 4.47 Å². The van der Waals surface area contributed by atoms with Crippen molar-refractivity contribution in [2.24, 2.45) is 0 Å². The van der Waals surface area contributed by atoms with Crippen LogP contribution in [0.15, 0.2) is 22.0 Å². The Kier molecular flexibility index (Phi) is 3.61. The van der Waals surface area contributed by atoms with Gasteiger partial charge >= 0.3 is 0 Å². The summed E-state index contributed by atoms with van der Waals surface area (Å²) in [5.41, 5.74) is 0. The van der Waals surface area contributed by atoms with Gasteiger partial charge in [-0.15, -0.1) is 11.3 Å². The summed E-state index contributed by atoms with van der Waals surface area (Å²) in [6, 6.07) is 4.01. The van der Waals surface area contributed by atoms with Crippen LogP contribution in [0.25, 0.3) is 0 Å². The number of hydrogen-bond donors (Lipinski definition) is 0. The van der Waals surface area contributed by atoms with Crippen LogP contribution in [0.3, 0.4) is 0 Å². The lowest BCUT2D eigenvalue weighted by Crippen LogP contribution is -1.96. The third-order valence-electron chi connectivity index (χ3n) is 1.73. The van der Waals surface area contributed by atoms with E-state index in [-0.39, 0.29) is 0 Å². The van der Waals surface area contributed by atoms with Crippen molar-refractivity contribution in [1.82, 2.24) is 9.97 Å². The summed E-state index contributed by atoms with van der Waals surface area (Å²) in [4.78, 5) is 9.46. The minimum Gasteiger partial charge on any atom is -0.220 e. The lowest BCUT2D eigenvalue weighted by molar-refractivity contribution is 0.974. The van der Waals surface area contributed by atoms with Gasteiger partial charge in [-0.3, -0.25) is 0 Å². The Morgan fingerprint density at radius 1 is 1.27 bits per heavy atom. The zero-order valence-corrected chi connectivity index (χ0v) is 11.3. The number of hydrogen-bond acceptors (Lipinski definition) is 3. The Hall–Kier alpha value is -0.160. The fourth-order valence-corrected chi connectivity index (χ4v) is 2.38. The van der Waals surface area contributed by atoms with E-state index >= 15 is 0 Å². The second kappa shape index (κ2) is 4.78. The van der Waals surface area contributed by atoms with Crippen LogP contribution in [0.2, 0.25) is 10.3 Å². The molecule has 0 spiro atoms. The number of halogens is 3. The van der Waals surface area contributed by atoms with Gasteiger partial charge in [-0.1, -0.05) is 29.3 Å². The molecule has 0 N–H and O–H groups in total. The SMILES string of the molecule is Clc1nc(Cc2cccs2)nc(Cl)c1Br. The normalized spacial score (nSPS) is 10.6. The summed E-state index contributed by atoms with van der Waals surface area (Å²) in [7, 11) is 0. The third kappa shape index (κ3) is 2.69. The van der Waals surface area contributed by atoms with Crippen LogP contribution in [-0.2, 0) is 6.42 Å². The molecule has 2 aromatic heterocycles. The van der Waals surface area contributed by atoms with Crippen LogP contribution < -0.4 is 0 Å². The van der Waals surface area contributed by atoms with Crippen LogP contribution >= 0.6 is 50.5 Å². The lowest BCUT2D eigenvalue weighted by Gasteiger charge is -2.02. The molecule has 0 bridgehead atoms. The standard InChI is InChI=1S/C9H5BrCl2N2S/c10-7-8(11)13-6(14-9(7)12)4-5-2-1-3-15-5/h1-3H,4H2. The largest absolute Gasteiger partial charge is 0.220 e. The molecule has 0 atom stereocenters. The van der Waals surface area contributed by atoms with Gasteiger partial charge in [0, 0.05) is 11.3 Å². The molecule has 0 aliphatic rings. The van der Waals surface area contributed by atoms with Crippen molar-refractivity contribution >= 4 is 50.5 Å². The molecule has 78 valence electrons. The molecule has 2 rings (SSSR count). The van der Waals surface area contributed by atoms with E-state index in [0.717, 1.165) is 0 Å². The first kappa shape index (κ1) is 11.3. The van der Waals surface area contributed by atoms with Crippen LogP contribution in [0.1, 0.15) is 10.7 Å². The molecular weight excluding hydrogens is 319 g/mol. The molecule has 2 aromatic rings. The molecule has 0 aliphatic carbocycles. The van der Waals surface area contributed by atoms with Crippen LogP contribution in [0.5, 0.6) is 0 Å². The summed E-state index contributed by atoms with van der Waals surface area (Å²) in [6.07, 6.45) is 0.657. The van der Waals surface area contributed by atoms with Gasteiger partial charge in [-0.25, -0.2) is 9.97 Å². The van der Waals surface area contributed by atoms with E-state index in [1.54, 1.807) is 11.3 Å². The smallest absolute Gasteiger partial charge is 0.148 e. The molecule has 0 aliphatic heterocycles. The van der Waals surface area contributed by atoms with E-state index in [1.165, 1.54) is 4.88 Å². The Morgan fingerprint density at radius 2 is 1.93 bits per heavy atom. The fraction of sp³-hybridized carbons (Fsp3) is 0.111. The number of rotatable bonds is 2. The Labute approximate surface area is 109 Å². The first-order valence-corrected chi connectivity index (χ1v) is 6.49. The van der Waals surface area contributed by atoms with Crippen molar-refractivity contribution in [2.75, 3.05) is 0 Å². The van der Waals surface area contributed by atoms with E-state index in [9.17, 15) is 0 Å². The second-order valence-electron chi connectivity index (χ2n) is 2.79. The Balaban J connectivity index is 2.30. The van der Waals surface area contributed by atoms with Gasteiger partial charge < -0.3 is 0 Å². The highest BCUT2D eigenvalue weighted by Gasteiger charge is 2.09. The molecule has 0 saturated carbocycles. The van der Waals surface area contributed by atoms with Crippen molar-refractivity contribution in [3.05, 3.63) is 43.0 Å². The molecule has 6 heteroatoms. The van der Waals surface area contributed by atoms with Crippen molar-refractivity contribution in [3.63, 3.8) is 0 Å². The average Bonchev–Trinajstić information content (AvgIpc) is 2.66. The van der Waals surface area contributed by atoms with Crippen LogP contribution in [-0.4, -0.2) is 9.97 Å². The molecule has 0 fully saturated rings. The maximum atomic E-state index is 5.88. The maximum Gasteiger partial charge on any atom is 0.148 e. The number of nitrogens with zero attached hydrogens (tertiary/aromatic N) is 2. The van der Waals surface area contributed by atoms with E-state index in [0.29, 0.717) is 27.0 Å². The summed E-state index contributed by atoms with van der Waals surface area (Å²) >= 11 is 16.6. The zero-order valence-electron chi connectivity index (χ0n) is 7.38. The molecule has 0 unspecified atom stereocenters. The quantitative estimate of drug-likeness (QED) is 0.774. The van der Waals surface area contributed by atoms with Crippen molar-refractivity contribution < 1.29 is 0 Å². The Morgan fingerprint density at radius 3 is 2.47 bits per heavy atom. The highest BCUT2D eigenvalue weighted by atomic mass is 79.9. The number of thiophene rings is 1. The van der Waals surface area contributed by atoms with Crippen LogP contribution in [0.4, 0.5) is 0 Å². The topological polar surface area (TPSA) is 25.8 Å². The van der Waals surface area contributed by atoms with E-state index < -0.39 is 0 Å². The molecule has 15 heavy (non-hydrogen) atoms. The van der Waals surface area contributed by atoms with Gasteiger partial charge in [0.25, 0.3) is 0 Å². The third-order valence-corrected chi connectivity index (χ3v) is 4.36. The van der Waals surface area contributed by atoms with E-state index in [1.807, 2.05) is 17.5 Å². The minimum absolute atomic E-state index is 0.349. The second-order valence-corrected chi connectivity index (χ2v) is 5.33. The lowest BCUT2D eigenvalue weighted by atomic mass is 10.3. The Bertz CT molecular complexity index is 450. The highest BCUT2D eigenvalue weighted by molar-refractivity contribution is 9.10. The zero-order chi connectivity index (χ0) is 10.8. The molecule has 0 amide bonds. The molecular formula is C9H5BrCl2N2S. The first-order valence-electron chi connectivity index (χ1n) is 4.06. The molecule has 2 nitrogen and oxygen atoms in total. The van der Waals surface area contributed by atoms with Gasteiger partial charge in [0.2, 0.25) is 0 Å². The monoisotopic (exact) mass is 322 g/mol. The molecule has 2 heterocycles. The van der Waals surface area contributed by atoms with Crippen molar-refractivity contribution in [2.45, 2.75) is 6.42 Å². The van der Waals surface area contributed by atoms with Gasteiger partial charge in [0.1, 0.15) is 16.1 Å². The molecule has 0 aromatic carbocycles. The minimum atomic E-state index is 0.349. The van der Waals surface area contributed by atoms with Gasteiger partial charge in [-0.2, -0.15) is 0 Å². The van der Waals surface area contributed by atoms with Crippen molar-refractivity contribution in [1.29, 1.82) is 0 Å². The summed E-state index contributed by atoms with van der Waals surface area (Å²) in [6.45, 7) is 0. The first-order chi connectivity index (χ1) is 7.16. The van der Waals surface area contributed by atoms with Crippen molar-refractivity contribution in [3.8, 4) is 0 Å². The average molecular weight is 324 g/mol. The summed E-state index contributed by atoms with van der Waals surface area (Å²) in [5, 5.41) is 2.71. The summed E-state index contributed by atoms with van der Waals surface area (Å²) < 4.78 is 0.542. The van der Waals surface area contributed by atoms with E-state index in [4.69, 9.17) is 23.2 Å². The summed E-state index contributed by atoms with van der Waals surface area (Å²) in [5.74, 6) is 0.635. The highest BCUT2D eigenvalue weighted by Crippen LogP contribution is 2.27. The predicted molar refractivity (Wildman–Crippen MR) is 66.9 cm³/mol. The molecule has 0 saturated heterocycles. The maximum absolute atomic E-state index is 5.88. The fourth-order valence-electron chi connectivity index (χ4n) is 1.08. The van der Waals surface area contributed by atoms with E-state index in [2.05, 4.69) is 25.9 Å². The molecule has 0 radical (unpaired) electrons. The van der Waals surface area contributed by atoms with Gasteiger partial charge in [-0.05, 0) is 27.4 Å². The number of aromatic nitrogens is 2. The van der Waals surface area contributed by atoms with Gasteiger partial charge in [0.15, 0.2) is 0 Å². The van der Waals surface area contributed by atoms with Crippen LogP contribution in [0, 0.1) is 0 Å².